The Morgan fingerprint density at radius 3 is 1.77 bits per heavy atom. The minimum absolute atomic E-state index is 0.131. The highest BCUT2D eigenvalue weighted by Crippen LogP contribution is 2.26. The molecule has 0 radical (unpaired) electrons. The highest BCUT2D eigenvalue weighted by molar-refractivity contribution is 5.11. The van der Waals surface area contributed by atoms with Gasteiger partial charge < -0.3 is 18.9 Å². The van der Waals surface area contributed by atoms with E-state index in [1.54, 1.807) is 0 Å². The Bertz CT molecular complexity index is 534. The average molecular weight is 307 g/mol. The van der Waals surface area contributed by atoms with Gasteiger partial charge in [-0.1, -0.05) is 13.2 Å². The third-order valence-electron chi connectivity index (χ3n) is 2.61. The maximum Gasteiger partial charge on any atom is 0.326 e. The van der Waals surface area contributed by atoms with E-state index in [2.05, 4.69) is 28.1 Å². The molecule has 7 nitrogen and oxygen atoms in total. The summed E-state index contributed by atoms with van der Waals surface area (Å²) in [4.78, 5) is 12.3. The van der Waals surface area contributed by atoms with Crippen molar-refractivity contribution in [3.8, 4) is 18.0 Å². The van der Waals surface area contributed by atoms with Crippen LogP contribution in [0.25, 0.3) is 0 Å². The zero-order valence-corrected chi connectivity index (χ0v) is 13.2. The van der Waals surface area contributed by atoms with Crippen molar-refractivity contribution in [2.24, 2.45) is 0 Å². The number of rotatable bonds is 9. The number of hydrogen-bond donors (Lipinski definition) is 0. The van der Waals surface area contributed by atoms with Crippen LogP contribution in [0.15, 0.2) is 24.3 Å². The molecule has 2 heterocycles. The molecule has 1 aliphatic rings. The maximum absolute atomic E-state index is 5.54. The first-order valence-electron chi connectivity index (χ1n) is 6.93. The van der Waals surface area contributed by atoms with Crippen molar-refractivity contribution in [2.45, 2.75) is 26.4 Å². The standard InChI is InChI=1S/C15H21N3O4/c1-10(2)6-19-12-16-13(20-7-11(3)4)18-14(17-12)21-8-15(5)9-22-15/h1,3,6-9H2,2,4-5H3. The molecule has 1 aliphatic heterocycles. The Kier molecular flexibility index (Phi) is 4.97. The van der Waals surface area contributed by atoms with E-state index in [0.717, 1.165) is 11.1 Å². The Morgan fingerprint density at radius 2 is 1.41 bits per heavy atom. The summed E-state index contributed by atoms with van der Waals surface area (Å²) >= 11 is 0. The van der Waals surface area contributed by atoms with Gasteiger partial charge in [-0.3, -0.25) is 0 Å². The lowest BCUT2D eigenvalue weighted by molar-refractivity contribution is 0.183. The number of nitrogens with zero attached hydrogens (tertiary/aromatic N) is 3. The largest absolute Gasteiger partial charge is 0.460 e. The quantitative estimate of drug-likeness (QED) is 0.509. The van der Waals surface area contributed by atoms with Crippen molar-refractivity contribution in [1.29, 1.82) is 0 Å². The Morgan fingerprint density at radius 1 is 1.00 bits per heavy atom. The highest BCUT2D eigenvalue weighted by atomic mass is 16.6. The van der Waals surface area contributed by atoms with Gasteiger partial charge in [-0.2, -0.15) is 0 Å². The minimum Gasteiger partial charge on any atom is -0.460 e. The molecule has 1 unspecified atom stereocenters. The molecule has 0 amide bonds. The van der Waals surface area contributed by atoms with Crippen molar-refractivity contribution in [3.63, 3.8) is 0 Å². The van der Waals surface area contributed by atoms with E-state index in [1.807, 2.05) is 20.8 Å². The van der Waals surface area contributed by atoms with Crippen LogP contribution in [0.3, 0.4) is 0 Å². The summed E-state index contributed by atoms with van der Waals surface area (Å²) in [6.07, 6.45) is 0. The third kappa shape index (κ3) is 5.33. The molecule has 7 heteroatoms. The second-order valence-corrected chi connectivity index (χ2v) is 5.70. The van der Waals surface area contributed by atoms with Gasteiger partial charge in [0.2, 0.25) is 0 Å². The van der Waals surface area contributed by atoms with E-state index in [0.29, 0.717) is 26.4 Å². The molecule has 0 saturated carbocycles. The molecule has 1 fully saturated rings. The van der Waals surface area contributed by atoms with Gasteiger partial charge in [0.15, 0.2) is 0 Å². The summed E-state index contributed by atoms with van der Waals surface area (Å²) in [5.41, 5.74) is 1.45. The molecule has 1 aromatic rings. The molecule has 1 aromatic heterocycles. The number of epoxide rings is 1. The van der Waals surface area contributed by atoms with Crippen molar-refractivity contribution < 1.29 is 18.9 Å². The van der Waals surface area contributed by atoms with E-state index in [-0.39, 0.29) is 23.6 Å². The molecule has 1 atom stereocenters. The summed E-state index contributed by atoms with van der Waals surface area (Å²) in [7, 11) is 0. The highest BCUT2D eigenvalue weighted by Gasteiger charge is 2.40. The summed E-state index contributed by atoms with van der Waals surface area (Å²) in [5, 5.41) is 0. The lowest BCUT2D eigenvalue weighted by atomic mass is 10.2. The van der Waals surface area contributed by atoms with Gasteiger partial charge in [-0.05, 0) is 31.9 Å². The monoisotopic (exact) mass is 307 g/mol. The van der Waals surface area contributed by atoms with Crippen LogP contribution >= 0.6 is 0 Å². The molecule has 0 spiro atoms. The molecular formula is C15H21N3O4. The smallest absolute Gasteiger partial charge is 0.326 e. The van der Waals surface area contributed by atoms with Crippen molar-refractivity contribution in [1.82, 2.24) is 15.0 Å². The second kappa shape index (κ2) is 6.74. The second-order valence-electron chi connectivity index (χ2n) is 5.70. The van der Waals surface area contributed by atoms with Crippen molar-refractivity contribution in [2.75, 3.05) is 26.4 Å². The van der Waals surface area contributed by atoms with Crippen LogP contribution in [-0.4, -0.2) is 47.0 Å². The molecule has 0 N–H and O–H groups in total. The van der Waals surface area contributed by atoms with Crippen LogP contribution in [0.4, 0.5) is 0 Å². The SMILES string of the molecule is C=C(C)COc1nc(OCC(=C)C)nc(OCC2(C)CO2)n1. The normalized spacial score (nSPS) is 19.4. The Hall–Kier alpha value is -2.15. The van der Waals surface area contributed by atoms with Gasteiger partial charge in [0, 0.05) is 0 Å². The first-order chi connectivity index (χ1) is 10.4. The topological polar surface area (TPSA) is 78.9 Å². The molecule has 0 aliphatic carbocycles. The fraction of sp³-hybridized carbons (Fsp3) is 0.533. The van der Waals surface area contributed by atoms with Crippen LogP contribution in [0.1, 0.15) is 20.8 Å². The summed E-state index contributed by atoms with van der Waals surface area (Å²) in [6, 6.07) is 0.401. The van der Waals surface area contributed by atoms with Gasteiger partial charge in [-0.25, -0.2) is 0 Å². The third-order valence-corrected chi connectivity index (χ3v) is 2.61. The number of aromatic nitrogens is 3. The zero-order valence-electron chi connectivity index (χ0n) is 13.2. The molecule has 120 valence electrons. The van der Waals surface area contributed by atoms with Gasteiger partial charge in [0.1, 0.15) is 25.4 Å². The van der Waals surface area contributed by atoms with Crippen LogP contribution in [0.5, 0.6) is 18.0 Å². The first-order valence-corrected chi connectivity index (χ1v) is 6.93. The van der Waals surface area contributed by atoms with Crippen LogP contribution in [-0.2, 0) is 4.74 Å². The summed E-state index contributed by atoms with van der Waals surface area (Å²) < 4.78 is 21.6. The fourth-order valence-corrected chi connectivity index (χ4v) is 1.31. The predicted molar refractivity (Wildman–Crippen MR) is 80.3 cm³/mol. The molecule has 0 bridgehead atoms. The van der Waals surface area contributed by atoms with E-state index in [9.17, 15) is 0 Å². The molecular weight excluding hydrogens is 286 g/mol. The van der Waals surface area contributed by atoms with E-state index in [1.165, 1.54) is 0 Å². The van der Waals surface area contributed by atoms with E-state index < -0.39 is 0 Å². The molecule has 22 heavy (non-hydrogen) atoms. The molecule has 1 saturated heterocycles. The average Bonchev–Trinajstić information content (AvgIpc) is 3.19. The molecule has 0 aromatic carbocycles. The van der Waals surface area contributed by atoms with Crippen LogP contribution in [0, 0.1) is 0 Å². The zero-order chi connectivity index (χ0) is 16.2. The van der Waals surface area contributed by atoms with Crippen LogP contribution in [0.2, 0.25) is 0 Å². The van der Waals surface area contributed by atoms with Crippen molar-refractivity contribution >= 4 is 0 Å². The van der Waals surface area contributed by atoms with Crippen LogP contribution < -0.4 is 14.2 Å². The van der Waals surface area contributed by atoms with Crippen molar-refractivity contribution in [3.05, 3.63) is 24.3 Å². The van der Waals surface area contributed by atoms with Gasteiger partial charge in [0.05, 0.1) is 6.61 Å². The number of ether oxygens (including phenoxy) is 4. The Balaban J connectivity index is 2.07. The van der Waals surface area contributed by atoms with E-state index >= 15 is 0 Å². The first kappa shape index (κ1) is 16.2. The predicted octanol–water partition coefficient (Wildman–Crippen LogP) is 1.95. The Labute approximate surface area is 130 Å². The van der Waals surface area contributed by atoms with Gasteiger partial charge in [0.25, 0.3) is 0 Å². The van der Waals surface area contributed by atoms with E-state index in [4.69, 9.17) is 18.9 Å². The van der Waals surface area contributed by atoms with Gasteiger partial charge >= 0.3 is 18.0 Å². The van der Waals surface area contributed by atoms with Gasteiger partial charge in [-0.15, -0.1) is 15.0 Å². The summed E-state index contributed by atoms with van der Waals surface area (Å²) in [6.45, 7) is 14.8. The maximum atomic E-state index is 5.54. The number of hydrogen-bond acceptors (Lipinski definition) is 7. The summed E-state index contributed by atoms with van der Waals surface area (Å²) in [5.74, 6) is 0. The minimum atomic E-state index is -0.260. The molecule has 2 rings (SSSR count). The lowest BCUT2D eigenvalue weighted by Gasteiger charge is -2.11. The fourth-order valence-electron chi connectivity index (χ4n) is 1.31. The lowest BCUT2D eigenvalue weighted by Crippen LogP contribution is -2.18.